The number of nitrogens with zero attached hydrogens (tertiary/aromatic N) is 2. The summed E-state index contributed by atoms with van der Waals surface area (Å²) in [6.45, 7) is 9.90. The van der Waals surface area contributed by atoms with Crippen molar-refractivity contribution < 1.29 is 8.97 Å². The number of hydrogen-bond acceptors (Lipinski definition) is 0. The minimum Gasteiger partial charge on any atom is -0.264 e. The van der Waals surface area contributed by atoms with Gasteiger partial charge in [-0.25, -0.2) is 0 Å². The van der Waals surface area contributed by atoms with E-state index in [4.69, 9.17) is 0 Å². The van der Waals surface area contributed by atoms with Crippen molar-refractivity contribution in [1.82, 2.24) is 0 Å². The van der Waals surface area contributed by atoms with E-state index in [0.29, 0.717) is 0 Å². The van der Waals surface area contributed by atoms with E-state index in [2.05, 4.69) is 101 Å². The Bertz CT molecular complexity index is 890. The lowest BCUT2D eigenvalue weighted by atomic mass is 10.0. The predicted octanol–water partition coefficient (Wildman–Crippen LogP) is 5.61. The summed E-state index contributed by atoms with van der Waals surface area (Å²) < 4.78 is 1.65. The molecule has 0 atom stereocenters. The fourth-order valence-corrected chi connectivity index (χ4v) is 3.57. The zero-order valence-electron chi connectivity index (χ0n) is 17.2. The van der Waals surface area contributed by atoms with E-state index in [1.54, 1.807) is 0 Å². The number of rotatable bonds is 8. The number of quaternary nitrogens is 2. The van der Waals surface area contributed by atoms with Crippen molar-refractivity contribution in [2.75, 3.05) is 27.2 Å². The first-order valence-electron chi connectivity index (χ1n) is 9.98. The molecular formula is C26H32N2+2. The first kappa shape index (κ1) is 20.1. The molecule has 2 aromatic rings. The van der Waals surface area contributed by atoms with Crippen LogP contribution < -0.4 is 0 Å². The van der Waals surface area contributed by atoms with Gasteiger partial charge in [0.2, 0.25) is 0 Å². The van der Waals surface area contributed by atoms with Crippen LogP contribution >= 0.6 is 0 Å². The molecule has 0 saturated carbocycles. The molecule has 0 saturated heterocycles. The molecule has 0 fully saturated rings. The molecular weight excluding hydrogens is 340 g/mol. The summed E-state index contributed by atoms with van der Waals surface area (Å²) in [7, 11) is 4.53. The Kier molecular flexibility index (Phi) is 6.13. The van der Waals surface area contributed by atoms with Gasteiger partial charge < -0.3 is 0 Å². The van der Waals surface area contributed by atoms with Crippen molar-refractivity contribution in [3.05, 3.63) is 109 Å². The Labute approximate surface area is 170 Å². The summed E-state index contributed by atoms with van der Waals surface area (Å²) in [5.74, 6) is 0. The Hall–Kier alpha value is -2.68. The Morgan fingerprint density at radius 1 is 0.750 bits per heavy atom. The summed E-state index contributed by atoms with van der Waals surface area (Å²) in [6, 6.07) is 17.2. The van der Waals surface area contributed by atoms with E-state index in [1.165, 1.54) is 22.3 Å². The molecule has 1 heterocycles. The highest BCUT2D eigenvalue weighted by atomic mass is 15.4. The third-order valence-corrected chi connectivity index (χ3v) is 5.70. The van der Waals surface area contributed by atoms with Crippen LogP contribution in [0.3, 0.4) is 0 Å². The van der Waals surface area contributed by atoms with Gasteiger partial charge in [0.15, 0.2) is 24.8 Å². The fourth-order valence-electron chi connectivity index (χ4n) is 3.57. The first-order chi connectivity index (χ1) is 13.5. The average Bonchev–Trinajstić information content (AvgIpc) is 2.74. The Balaban J connectivity index is 1.61. The lowest BCUT2D eigenvalue weighted by Crippen LogP contribution is -2.44. The fraction of sp³-hybridized carbons (Fsp3) is 0.231. The van der Waals surface area contributed by atoms with Crippen molar-refractivity contribution in [2.24, 2.45) is 0 Å². The third-order valence-electron chi connectivity index (χ3n) is 5.70. The smallest absolute Gasteiger partial charge is 0.155 e. The van der Waals surface area contributed by atoms with Gasteiger partial charge in [-0.3, -0.25) is 8.97 Å². The summed E-state index contributed by atoms with van der Waals surface area (Å²) in [4.78, 5) is 0. The van der Waals surface area contributed by atoms with Crippen molar-refractivity contribution in [2.45, 2.75) is 12.8 Å². The van der Waals surface area contributed by atoms with Crippen LogP contribution in [0.15, 0.2) is 86.5 Å². The van der Waals surface area contributed by atoms with Crippen LogP contribution in [0.25, 0.3) is 12.2 Å². The molecule has 0 N–H and O–H groups in total. The molecule has 0 unspecified atom stereocenters. The number of likely N-dealkylation sites (N-methyl/N-ethyl adjacent to an activating group) is 2. The maximum atomic E-state index is 3.94. The largest absolute Gasteiger partial charge is 0.264 e. The normalized spacial score (nSPS) is 23.5. The number of hydrogen-bond donors (Lipinski definition) is 0. The minimum absolute atomic E-state index is 0.825. The zero-order valence-corrected chi connectivity index (χ0v) is 17.2. The Morgan fingerprint density at radius 3 is 2.04 bits per heavy atom. The highest BCUT2D eigenvalue weighted by Crippen LogP contribution is 2.21. The van der Waals surface area contributed by atoms with Crippen molar-refractivity contribution in [1.29, 1.82) is 0 Å². The van der Waals surface area contributed by atoms with Crippen LogP contribution in [0.4, 0.5) is 0 Å². The standard InChI is InChI=1S/C26H32N2/c1-5-23-10-9-11-24(22-23)14-16-27(3)18-20-28(4,21-19-27)17-15-26-13-8-7-12-25(26)6-2/h5-13,18-22H,1-2,14-17H2,3-4H3/q+2. The summed E-state index contributed by atoms with van der Waals surface area (Å²) in [6.07, 6.45) is 15.3. The summed E-state index contributed by atoms with van der Waals surface area (Å²) in [5.41, 5.74) is 5.15. The highest BCUT2D eigenvalue weighted by Gasteiger charge is 2.28. The van der Waals surface area contributed by atoms with Gasteiger partial charge in [0, 0.05) is 12.8 Å². The van der Waals surface area contributed by atoms with Gasteiger partial charge in [0.05, 0.1) is 27.2 Å². The summed E-state index contributed by atoms with van der Waals surface area (Å²) >= 11 is 0. The van der Waals surface area contributed by atoms with Crippen molar-refractivity contribution in [3.8, 4) is 0 Å². The molecule has 2 nitrogen and oxygen atoms in total. The van der Waals surface area contributed by atoms with E-state index in [9.17, 15) is 0 Å². The van der Waals surface area contributed by atoms with Gasteiger partial charge in [0.1, 0.15) is 0 Å². The van der Waals surface area contributed by atoms with Gasteiger partial charge in [0.25, 0.3) is 0 Å². The molecule has 2 heteroatoms. The monoisotopic (exact) mass is 372 g/mol. The maximum absolute atomic E-state index is 3.94. The third kappa shape index (κ3) is 4.98. The van der Waals surface area contributed by atoms with E-state index in [-0.39, 0.29) is 0 Å². The van der Waals surface area contributed by atoms with Crippen LogP contribution in [0.2, 0.25) is 0 Å². The van der Waals surface area contributed by atoms with Crippen LogP contribution in [-0.2, 0) is 12.8 Å². The molecule has 0 amide bonds. The molecule has 28 heavy (non-hydrogen) atoms. The minimum atomic E-state index is 0.825. The second-order valence-electron chi connectivity index (χ2n) is 8.09. The first-order valence-corrected chi connectivity index (χ1v) is 9.98. The molecule has 0 radical (unpaired) electrons. The van der Waals surface area contributed by atoms with E-state index in [1.807, 2.05) is 12.2 Å². The van der Waals surface area contributed by atoms with Crippen molar-refractivity contribution >= 4 is 12.2 Å². The van der Waals surface area contributed by atoms with Gasteiger partial charge in [-0.15, -0.1) is 0 Å². The second kappa shape index (κ2) is 8.55. The second-order valence-corrected chi connectivity index (χ2v) is 8.09. The predicted molar refractivity (Wildman–Crippen MR) is 121 cm³/mol. The molecule has 2 aromatic carbocycles. The Morgan fingerprint density at radius 2 is 1.39 bits per heavy atom. The van der Waals surface area contributed by atoms with Gasteiger partial charge >= 0.3 is 0 Å². The lowest BCUT2D eigenvalue weighted by molar-refractivity contribution is -0.864. The van der Waals surface area contributed by atoms with Gasteiger partial charge in [-0.05, 0) is 22.3 Å². The van der Waals surface area contributed by atoms with Crippen LogP contribution in [0, 0.1) is 0 Å². The molecule has 0 spiro atoms. The molecule has 144 valence electrons. The van der Waals surface area contributed by atoms with Gasteiger partial charge in [-0.1, -0.05) is 73.8 Å². The number of benzene rings is 2. The molecule has 0 aliphatic carbocycles. The topological polar surface area (TPSA) is 0 Å². The van der Waals surface area contributed by atoms with Crippen LogP contribution in [-0.4, -0.2) is 36.2 Å². The van der Waals surface area contributed by atoms with E-state index in [0.717, 1.165) is 34.9 Å². The molecule has 1 aliphatic rings. The highest BCUT2D eigenvalue weighted by molar-refractivity contribution is 5.51. The lowest BCUT2D eigenvalue weighted by Gasteiger charge is -2.34. The van der Waals surface area contributed by atoms with E-state index >= 15 is 0 Å². The van der Waals surface area contributed by atoms with Crippen molar-refractivity contribution in [3.63, 3.8) is 0 Å². The molecule has 1 aliphatic heterocycles. The maximum Gasteiger partial charge on any atom is 0.155 e. The van der Waals surface area contributed by atoms with Gasteiger partial charge in [-0.2, -0.15) is 0 Å². The average molecular weight is 373 g/mol. The van der Waals surface area contributed by atoms with E-state index < -0.39 is 0 Å². The molecule has 0 aromatic heterocycles. The molecule has 3 rings (SSSR count). The quantitative estimate of drug-likeness (QED) is 0.529. The SMILES string of the molecule is C=Cc1cccc(CC[N+]2(C)C=C[N+](C)(CCc3ccccc3C=C)C=C2)c1. The van der Waals surface area contributed by atoms with Crippen LogP contribution in [0.5, 0.6) is 0 Å². The summed E-state index contributed by atoms with van der Waals surface area (Å²) in [5, 5.41) is 0. The zero-order chi connectivity index (χ0) is 20.0. The van der Waals surface area contributed by atoms with Crippen LogP contribution in [0.1, 0.15) is 22.3 Å². The molecule has 0 bridgehead atoms.